The van der Waals surface area contributed by atoms with E-state index in [1.807, 2.05) is 57.2 Å². The minimum atomic E-state index is -4.22. The van der Waals surface area contributed by atoms with Crippen molar-refractivity contribution in [1.29, 1.82) is 0 Å². The Balaban J connectivity index is 1.84. The first-order valence-corrected chi connectivity index (χ1v) is 16.5. The number of nitrogens with one attached hydrogen (secondary N) is 1. The Kier molecular flexibility index (Phi) is 11.1. The van der Waals surface area contributed by atoms with Gasteiger partial charge in [-0.15, -0.1) is 0 Å². The highest BCUT2D eigenvalue weighted by Crippen LogP contribution is 2.29. The van der Waals surface area contributed by atoms with Crippen molar-refractivity contribution in [2.75, 3.05) is 10.8 Å². The third-order valence-corrected chi connectivity index (χ3v) is 9.80. The van der Waals surface area contributed by atoms with Gasteiger partial charge in [-0.25, -0.2) is 12.8 Å². The van der Waals surface area contributed by atoms with Crippen LogP contribution in [-0.2, 0) is 32.6 Å². The number of sulfonamides is 1. The van der Waals surface area contributed by atoms with Crippen molar-refractivity contribution in [3.8, 4) is 0 Å². The fourth-order valence-corrected chi connectivity index (χ4v) is 6.54. The Bertz CT molecular complexity index is 1720. The van der Waals surface area contributed by atoms with Crippen molar-refractivity contribution in [2.24, 2.45) is 0 Å². The number of hydrogen-bond donors (Lipinski definition) is 1. The number of halogens is 1. The van der Waals surface area contributed by atoms with Gasteiger partial charge in [0.1, 0.15) is 18.4 Å². The zero-order chi connectivity index (χ0) is 32.6. The average Bonchev–Trinajstić information content (AvgIpc) is 3.04. The van der Waals surface area contributed by atoms with E-state index in [1.54, 1.807) is 55.5 Å². The lowest BCUT2D eigenvalue weighted by atomic mass is 10.0. The van der Waals surface area contributed by atoms with E-state index in [0.29, 0.717) is 17.7 Å². The molecule has 0 aliphatic heterocycles. The molecule has 0 fully saturated rings. The highest BCUT2D eigenvalue weighted by atomic mass is 32.2. The number of carbonyl (C=O) groups is 2. The van der Waals surface area contributed by atoms with Crippen molar-refractivity contribution in [3.05, 3.63) is 131 Å². The number of nitrogens with zero attached hydrogens (tertiary/aromatic N) is 2. The van der Waals surface area contributed by atoms with Gasteiger partial charge in [-0.2, -0.15) is 0 Å². The Hall–Kier alpha value is -4.50. The van der Waals surface area contributed by atoms with E-state index in [1.165, 1.54) is 23.1 Å². The maximum absolute atomic E-state index is 15.1. The van der Waals surface area contributed by atoms with E-state index in [4.69, 9.17) is 0 Å². The van der Waals surface area contributed by atoms with Crippen LogP contribution >= 0.6 is 0 Å². The molecule has 7 nitrogen and oxygen atoms in total. The molecule has 0 bridgehead atoms. The zero-order valence-corrected chi connectivity index (χ0v) is 26.9. The summed E-state index contributed by atoms with van der Waals surface area (Å²) in [5.41, 5.74) is 2.91. The molecule has 0 aliphatic carbocycles. The first-order chi connectivity index (χ1) is 21.5. The lowest BCUT2D eigenvalue weighted by molar-refractivity contribution is -0.140. The van der Waals surface area contributed by atoms with E-state index < -0.39 is 40.2 Å². The number of hydrogen-bond acceptors (Lipinski definition) is 4. The van der Waals surface area contributed by atoms with Gasteiger partial charge in [-0.3, -0.25) is 13.9 Å². The van der Waals surface area contributed by atoms with Crippen molar-refractivity contribution in [3.63, 3.8) is 0 Å². The third-order valence-electron chi connectivity index (χ3n) is 8.03. The van der Waals surface area contributed by atoms with Crippen LogP contribution in [0.15, 0.2) is 108 Å². The molecule has 4 aromatic rings. The molecule has 0 unspecified atom stereocenters. The summed E-state index contributed by atoms with van der Waals surface area (Å²) >= 11 is 0. The normalized spacial score (nSPS) is 12.6. The monoisotopic (exact) mass is 629 g/mol. The highest BCUT2D eigenvalue weighted by Gasteiger charge is 2.35. The van der Waals surface area contributed by atoms with Gasteiger partial charge in [0.05, 0.1) is 10.6 Å². The first kappa shape index (κ1) is 33.4. The molecule has 0 radical (unpaired) electrons. The lowest BCUT2D eigenvalue weighted by Crippen LogP contribution is -2.54. The summed E-state index contributed by atoms with van der Waals surface area (Å²) in [6.45, 7) is 6.65. The van der Waals surface area contributed by atoms with Crippen LogP contribution in [-0.4, -0.2) is 43.8 Å². The van der Waals surface area contributed by atoms with E-state index in [-0.39, 0.29) is 29.5 Å². The van der Waals surface area contributed by atoms with Gasteiger partial charge < -0.3 is 10.2 Å². The maximum Gasteiger partial charge on any atom is 0.264 e. The second-order valence-corrected chi connectivity index (χ2v) is 13.0. The molecule has 9 heteroatoms. The van der Waals surface area contributed by atoms with E-state index in [0.717, 1.165) is 15.4 Å². The summed E-state index contributed by atoms with van der Waals surface area (Å²) in [5.74, 6) is -1.57. The molecule has 1 N–H and O–H groups in total. The first-order valence-electron chi connectivity index (χ1n) is 15.0. The molecule has 4 rings (SSSR count). The molecule has 0 aliphatic rings. The van der Waals surface area contributed by atoms with E-state index in [2.05, 4.69) is 5.32 Å². The fraction of sp³-hybridized carbons (Fsp3) is 0.278. The van der Waals surface area contributed by atoms with Gasteiger partial charge in [0.2, 0.25) is 11.8 Å². The Morgan fingerprint density at radius 3 is 2.11 bits per heavy atom. The minimum absolute atomic E-state index is 0.0229. The largest absolute Gasteiger partial charge is 0.352 e. The highest BCUT2D eigenvalue weighted by molar-refractivity contribution is 7.92. The van der Waals surface area contributed by atoms with Gasteiger partial charge in [0.15, 0.2) is 0 Å². The SMILES string of the molecule is CC[C@@H](C)NC(=O)[C@H](Cc1ccccc1)N(Cc1ccccc1F)C(=O)CN(c1cccc(C)c1C)S(=O)(=O)c1ccccc1. The molecule has 0 aromatic heterocycles. The van der Waals surface area contributed by atoms with Crippen LogP contribution in [0.4, 0.5) is 10.1 Å². The summed E-state index contributed by atoms with van der Waals surface area (Å²) in [6, 6.07) is 27.3. The lowest BCUT2D eigenvalue weighted by Gasteiger charge is -2.34. The van der Waals surface area contributed by atoms with Crippen LogP contribution in [0.3, 0.4) is 0 Å². The molecular weight excluding hydrogens is 589 g/mol. The molecule has 0 heterocycles. The number of amides is 2. The van der Waals surface area contributed by atoms with Crippen LogP contribution in [0.25, 0.3) is 0 Å². The summed E-state index contributed by atoms with van der Waals surface area (Å²) in [7, 11) is -4.22. The van der Waals surface area contributed by atoms with Crippen LogP contribution in [0.5, 0.6) is 0 Å². The second-order valence-electron chi connectivity index (χ2n) is 11.2. The molecule has 2 amide bonds. The standard InChI is InChI=1S/C36H40FN3O4S/c1-5-27(3)38-36(42)34(23-29-16-8-6-9-17-29)39(24-30-18-12-13-21-32(30)37)35(41)25-40(33-22-14-15-26(2)28(33)4)45(43,44)31-19-10-7-11-20-31/h6-22,27,34H,5,23-25H2,1-4H3,(H,38,42)/t27-,34+/m1/s1. The minimum Gasteiger partial charge on any atom is -0.352 e. The fourth-order valence-electron chi connectivity index (χ4n) is 5.04. The molecular formula is C36H40FN3O4S. The zero-order valence-electron chi connectivity index (χ0n) is 26.1. The summed E-state index contributed by atoms with van der Waals surface area (Å²) in [4.78, 5) is 29.7. The Morgan fingerprint density at radius 1 is 0.844 bits per heavy atom. The average molecular weight is 630 g/mol. The van der Waals surface area contributed by atoms with Crippen LogP contribution in [0.2, 0.25) is 0 Å². The van der Waals surface area contributed by atoms with Gasteiger partial charge in [0.25, 0.3) is 10.0 Å². The van der Waals surface area contributed by atoms with Crippen LogP contribution in [0.1, 0.15) is 42.5 Å². The van der Waals surface area contributed by atoms with Crippen molar-refractivity contribution in [2.45, 2.75) is 64.1 Å². The molecule has 2 atom stereocenters. The van der Waals surface area contributed by atoms with Crippen molar-refractivity contribution in [1.82, 2.24) is 10.2 Å². The molecule has 45 heavy (non-hydrogen) atoms. The number of aryl methyl sites for hydroxylation is 1. The quantitative estimate of drug-likeness (QED) is 0.191. The Labute approximate surface area is 265 Å². The molecule has 4 aromatic carbocycles. The third kappa shape index (κ3) is 8.16. The van der Waals surface area contributed by atoms with E-state index >= 15 is 4.39 Å². The summed E-state index contributed by atoms with van der Waals surface area (Å²) in [6.07, 6.45) is 0.818. The second kappa shape index (κ2) is 15.0. The number of rotatable bonds is 13. The van der Waals surface area contributed by atoms with Gasteiger partial charge in [-0.05, 0) is 68.1 Å². The van der Waals surface area contributed by atoms with Gasteiger partial charge in [-0.1, -0.05) is 85.8 Å². The van der Waals surface area contributed by atoms with E-state index in [9.17, 15) is 18.0 Å². The Morgan fingerprint density at radius 2 is 1.47 bits per heavy atom. The predicted molar refractivity (Wildman–Crippen MR) is 176 cm³/mol. The molecule has 0 saturated heterocycles. The van der Waals surface area contributed by atoms with Gasteiger partial charge in [0, 0.05) is 24.6 Å². The molecule has 236 valence electrons. The summed E-state index contributed by atoms with van der Waals surface area (Å²) < 4.78 is 44.5. The maximum atomic E-state index is 15.1. The predicted octanol–water partition coefficient (Wildman–Crippen LogP) is 6.19. The topological polar surface area (TPSA) is 86.8 Å². The summed E-state index contributed by atoms with van der Waals surface area (Å²) in [5, 5.41) is 2.98. The number of benzene rings is 4. The van der Waals surface area contributed by atoms with Crippen molar-refractivity contribution < 1.29 is 22.4 Å². The van der Waals surface area contributed by atoms with Crippen LogP contribution < -0.4 is 9.62 Å². The van der Waals surface area contributed by atoms with Gasteiger partial charge >= 0.3 is 0 Å². The smallest absolute Gasteiger partial charge is 0.264 e. The molecule has 0 saturated carbocycles. The number of anilines is 1. The van der Waals surface area contributed by atoms with Crippen LogP contribution in [0, 0.1) is 19.7 Å². The molecule has 0 spiro atoms. The van der Waals surface area contributed by atoms with Crippen molar-refractivity contribution >= 4 is 27.5 Å². The number of carbonyl (C=O) groups excluding carboxylic acids is 2.